The van der Waals surface area contributed by atoms with Gasteiger partial charge in [0.05, 0.1) is 12.9 Å². The van der Waals surface area contributed by atoms with Crippen molar-refractivity contribution < 1.29 is 14.3 Å². The van der Waals surface area contributed by atoms with E-state index in [9.17, 15) is 9.59 Å². The topological polar surface area (TPSA) is 151 Å². The lowest BCUT2D eigenvalue weighted by Crippen LogP contribution is -2.38. The number of hydrogen-bond donors (Lipinski definition) is 3. The summed E-state index contributed by atoms with van der Waals surface area (Å²) >= 11 is 0. The SMILES string of the molecule is CC[C@H](C)[C@H](N)C(=O)OCCOCn1cnc2c(=O)[nH]c(N)nc21. The normalized spacial score (nSPS) is 13.8. The van der Waals surface area contributed by atoms with E-state index in [1.807, 2.05) is 13.8 Å². The van der Waals surface area contributed by atoms with Crippen LogP contribution in [0.5, 0.6) is 0 Å². The van der Waals surface area contributed by atoms with Gasteiger partial charge >= 0.3 is 5.97 Å². The van der Waals surface area contributed by atoms with Crippen molar-refractivity contribution in [1.82, 2.24) is 19.5 Å². The van der Waals surface area contributed by atoms with Gasteiger partial charge in [0.25, 0.3) is 5.56 Å². The monoisotopic (exact) mass is 338 g/mol. The molecule has 0 radical (unpaired) electrons. The Balaban J connectivity index is 1.81. The third-order valence-corrected chi connectivity index (χ3v) is 3.72. The number of ether oxygens (including phenoxy) is 2. The zero-order valence-corrected chi connectivity index (χ0v) is 13.7. The lowest BCUT2D eigenvalue weighted by atomic mass is 10.0. The van der Waals surface area contributed by atoms with Crippen molar-refractivity contribution >= 4 is 23.1 Å². The predicted octanol–water partition coefficient (Wildman–Crippen LogP) is -0.407. The Bertz CT molecular complexity index is 755. The van der Waals surface area contributed by atoms with Gasteiger partial charge in [0.1, 0.15) is 19.4 Å². The molecule has 0 aromatic carbocycles. The summed E-state index contributed by atoms with van der Waals surface area (Å²) in [5.74, 6) is -0.380. The van der Waals surface area contributed by atoms with Crippen molar-refractivity contribution in [3.8, 4) is 0 Å². The number of nitrogen functional groups attached to an aromatic ring is 1. The van der Waals surface area contributed by atoms with Crippen LogP contribution < -0.4 is 17.0 Å². The van der Waals surface area contributed by atoms with Crippen molar-refractivity contribution in [2.75, 3.05) is 18.9 Å². The Kier molecular flexibility index (Phi) is 5.88. The largest absolute Gasteiger partial charge is 0.462 e. The standard InChI is InChI=1S/C14H22N6O4/c1-3-8(2)9(15)13(22)24-5-4-23-7-20-6-17-10-11(20)18-14(16)19-12(10)21/h6,8-9H,3-5,7,15H2,1-2H3,(H3,16,18,19,21)/t8-,9-/m0/s1. The third-order valence-electron chi connectivity index (χ3n) is 3.72. The van der Waals surface area contributed by atoms with Crippen LogP contribution in [0.25, 0.3) is 11.2 Å². The molecular formula is C14H22N6O4. The molecule has 2 atom stereocenters. The maximum atomic E-state index is 11.7. The Morgan fingerprint density at radius 1 is 1.46 bits per heavy atom. The molecule has 132 valence electrons. The molecular weight excluding hydrogens is 316 g/mol. The Labute approximate surface area is 138 Å². The van der Waals surface area contributed by atoms with Crippen LogP contribution in [0.4, 0.5) is 5.95 Å². The smallest absolute Gasteiger partial charge is 0.323 e. The quantitative estimate of drug-likeness (QED) is 0.434. The second kappa shape index (κ2) is 7.88. The van der Waals surface area contributed by atoms with E-state index in [2.05, 4.69) is 15.0 Å². The number of imidazole rings is 1. The zero-order valence-electron chi connectivity index (χ0n) is 13.7. The molecule has 0 fully saturated rings. The molecule has 10 nitrogen and oxygen atoms in total. The summed E-state index contributed by atoms with van der Waals surface area (Å²) < 4.78 is 12.0. The molecule has 0 saturated heterocycles. The number of fused-ring (bicyclic) bond motifs is 1. The molecule has 2 aromatic heterocycles. The van der Waals surface area contributed by atoms with Gasteiger partial charge in [-0.2, -0.15) is 4.98 Å². The molecule has 0 aliphatic carbocycles. The number of aromatic nitrogens is 4. The van der Waals surface area contributed by atoms with Crippen LogP contribution in [0.3, 0.4) is 0 Å². The number of H-pyrrole nitrogens is 1. The molecule has 2 heterocycles. The van der Waals surface area contributed by atoms with Crippen LogP contribution >= 0.6 is 0 Å². The van der Waals surface area contributed by atoms with Gasteiger partial charge in [-0.05, 0) is 5.92 Å². The van der Waals surface area contributed by atoms with Crippen molar-refractivity contribution in [2.24, 2.45) is 11.7 Å². The number of anilines is 1. The zero-order chi connectivity index (χ0) is 17.7. The van der Waals surface area contributed by atoms with E-state index in [4.69, 9.17) is 20.9 Å². The number of carbonyl (C=O) groups is 1. The van der Waals surface area contributed by atoms with Gasteiger partial charge in [-0.1, -0.05) is 20.3 Å². The lowest BCUT2D eigenvalue weighted by Gasteiger charge is -2.16. The fourth-order valence-electron chi connectivity index (χ4n) is 2.01. The van der Waals surface area contributed by atoms with Gasteiger partial charge in [0, 0.05) is 0 Å². The maximum absolute atomic E-state index is 11.7. The average molecular weight is 338 g/mol. The molecule has 0 bridgehead atoms. The summed E-state index contributed by atoms with van der Waals surface area (Å²) in [4.78, 5) is 33.7. The van der Waals surface area contributed by atoms with E-state index in [1.54, 1.807) is 0 Å². The van der Waals surface area contributed by atoms with Crippen LogP contribution in [0, 0.1) is 5.92 Å². The van der Waals surface area contributed by atoms with Gasteiger partial charge in [0.15, 0.2) is 11.2 Å². The second-order valence-electron chi connectivity index (χ2n) is 5.45. The molecule has 0 spiro atoms. The highest BCUT2D eigenvalue weighted by atomic mass is 16.6. The van der Waals surface area contributed by atoms with Crippen molar-refractivity contribution in [2.45, 2.75) is 33.0 Å². The van der Waals surface area contributed by atoms with Crippen LogP contribution in [-0.2, 0) is 21.0 Å². The first-order valence-electron chi connectivity index (χ1n) is 7.64. The summed E-state index contributed by atoms with van der Waals surface area (Å²) in [6.07, 6.45) is 2.23. The highest BCUT2D eigenvalue weighted by Crippen LogP contribution is 2.07. The van der Waals surface area contributed by atoms with Crippen molar-refractivity contribution in [1.29, 1.82) is 0 Å². The molecule has 5 N–H and O–H groups in total. The summed E-state index contributed by atoms with van der Waals surface area (Å²) in [5, 5.41) is 0. The van der Waals surface area contributed by atoms with E-state index in [0.29, 0.717) is 5.65 Å². The van der Waals surface area contributed by atoms with Crippen molar-refractivity contribution in [3.63, 3.8) is 0 Å². The molecule has 0 unspecified atom stereocenters. The van der Waals surface area contributed by atoms with Gasteiger partial charge < -0.3 is 20.9 Å². The summed E-state index contributed by atoms with van der Waals surface area (Å²) in [6, 6.07) is -0.633. The predicted molar refractivity (Wildman–Crippen MR) is 86.9 cm³/mol. The summed E-state index contributed by atoms with van der Waals surface area (Å²) in [6.45, 7) is 4.22. The Morgan fingerprint density at radius 3 is 2.92 bits per heavy atom. The molecule has 2 aromatic rings. The maximum Gasteiger partial charge on any atom is 0.323 e. The Morgan fingerprint density at radius 2 is 2.21 bits per heavy atom. The minimum Gasteiger partial charge on any atom is -0.462 e. The second-order valence-corrected chi connectivity index (χ2v) is 5.45. The van der Waals surface area contributed by atoms with Crippen LogP contribution in [0.1, 0.15) is 20.3 Å². The number of carbonyl (C=O) groups excluding carboxylic acids is 1. The van der Waals surface area contributed by atoms with Gasteiger partial charge in [-0.25, -0.2) is 4.98 Å². The molecule has 24 heavy (non-hydrogen) atoms. The molecule has 2 rings (SSSR count). The molecule has 0 amide bonds. The number of esters is 1. The molecule has 0 aliphatic rings. The summed E-state index contributed by atoms with van der Waals surface area (Å²) in [7, 11) is 0. The Hall–Kier alpha value is -2.46. The fraction of sp³-hybridized carbons (Fsp3) is 0.571. The van der Waals surface area contributed by atoms with Gasteiger partial charge in [-0.15, -0.1) is 0 Å². The first kappa shape index (κ1) is 17.9. The summed E-state index contributed by atoms with van der Waals surface area (Å²) in [5.41, 5.74) is 11.4. The van der Waals surface area contributed by atoms with Crippen LogP contribution in [0.15, 0.2) is 11.1 Å². The highest BCUT2D eigenvalue weighted by molar-refractivity contribution is 5.75. The highest BCUT2D eigenvalue weighted by Gasteiger charge is 2.20. The van der Waals surface area contributed by atoms with Gasteiger partial charge in [0.2, 0.25) is 5.95 Å². The molecule has 0 aliphatic heterocycles. The first-order chi connectivity index (χ1) is 11.4. The number of aromatic amines is 1. The lowest BCUT2D eigenvalue weighted by molar-refractivity contribution is -0.148. The van der Waals surface area contributed by atoms with E-state index < -0.39 is 17.6 Å². The van der Waals surface area contributed by atoms with E-state index >= 15 is 0 Å². The van der Waals surface area contributed by atoms with Crippen molar-refractivity contribution in [3.05, 3.63) is 16.7 Å². The molecule has 10 heteroatoms. The molecule has 0 saturated carbocycles. The van der Waals surface area contributed by atoms with Crippen LogP contribution in [0.2, 0.25) is 0 Å². The fourth-order valence-corrected chi connectivity index (χ4v) is 2.01. The van der Waals surface area contributed by atoms with E-state index in [-0.39, 0.29) is 37.3 Å². The number of nitrogens with zero attached hydrogens (tertiary/aromatic N) is 3. The van der Waals surface area contributed by atoms with Crippen LogP contribution in [-0.4, -0.2) is 44.7 Å². The van der Waals surface area contributed by atoms with Gasteiger partial charge in [-0.3, -0.25) is 19.1 Å². The average Bonchev–Trinajstić information content (AvgIpc) is 2.96. The minimum absolute atomic E-state index is 0.00205. The first-order valence-corrected chi connectivity index (χ1v) is 7.64. The third kappa shape index (κ3) is 4.09. The van der Waals surface area contributed by atoms with E-state index in [0.717, 1.165) is 6.42 Å². The number of nitrogens with one attached hydrogen (secondary N) is 1. The number of nitrogens with two attached hydrogens (primary N) is 2. The number of rotatable bonds is 8. The van der Waals surface area contributed by atoms with E-state index in [1.165, 1.54) is 10.9 Å². The number of hydrogen-bond acceptors (Lipinski definition) is 8. The minimum atomic E-state index is -0.633.